The maximum absolute atomic E-state index is 12.0. The Bertz CT molecular complexity index is 569. The average Bonchev–Trinajstić information content (AvgIpc) is 2.46. The largest absolute Gasteiger partial charge is 0.348 e. The van der Waals surface area contributed by atoms with Crippen molar-refractivity contribution < 1.29 is 4.79 Å². The first-order chi connectivity index (χ1) is 9.20. The summed E-state index contributed by atoms with van der Waals surface area (Å²) < 4.78 is 0. The van der Waals surface area contributed by atoms with E-state index in [-0.39, 0.29) is 5.91 Å². The number of hydrogen-bond donors (Lipinski definition) is 1. The van der Waals surface area contributed by atoms with Crippen LogP contribution in [0.15, 0.2) is 53.4 Å². The summed E-state index contributed by atoms with van der Waals surface area (Å²) in [5.41, 5.74) is 1.57. The Morgan fingerprint density at radius 2 is 1.84 bits per heavy atom. The first kappa shape index (κ1) is 14.0. The van der Waals surface area contributed by atoms with E-state index >= 15 is 0 Å². The number of thioether (sulfide) groups is 1. The van der Waals surface area contributed by atoms with Crippen LogP contribution >= 0.6 is 23.4 Å². The van der Waals surface area contributed by atoms with E-state index in [1.54, 1.807) is 11.8 Å². The van der Waals surface area contributed by atoms with Crippen LogP contribution in [0, 0.1) is 0 Å². The number of nitrogens with one attached hydrogen (secondary N) is 1. The second-order valence-corrected chi connectivity index (χ2v) is 5.29. The van der Waals surface area contributed by atoms with Crippen molar-refractivity contribution >= 4 is 29.3 Å². The van der Waals surface area contributed by atoms with Gasteiger partial charge in [-0.25, -0.2) is 0 Å². The molecule has 2 aromatic rings. The number of hydrogen-bond acceptors (Lipinski definition) is 2. The van der Waals surface area contributed by atoms with Gasteiger partial charge >= 0.3 is 0 Å². The van der Waals surface area contributed by atoms with Crippen molar-refractivity contribution in [1.29, 1.82) is 0 Å². The second-order valence-electron chi connectivity index (χ2n) is 4.00. The quantitative estimate of drug-likeness (QED) is 0.863. The molecule has 0 saturated heterocycles. The minimum atomic E-state index is -0.0902. The van der Waals surface area contributed by atoms with Crippen LogP contribution in [0.2, 0.25) is 5.02 Å². The normalized spacial score (nSPS) is 10.2. The highest BCUT2D eigenvalue weighted by molar-refractivity contribution is 7.98. The second kappa shape index (κ2) is 6.64. The van der Waals surface area contributed by atoms with E-state index in [2.05, 4.69) is 5.32 Å². The van der Waals surface area contributed by atoms with Gasteiger partial charge in [0, 0.05) is 22.0 Å². The molecular weight excluding hydrogens is 278 g/mol. The van der Waals surface area contributed by atoms with Gasteiger partial charge in [-0.15, -0.1) is 11.8 Å². The van der Waals surface area contributed by atoms with Crippen LogP contribution in [-0.4, -0.2) is 12.2 Å². The van der Waals surface area contributed by atoms with Crippen LogP contribution in [-0.2, 0) is 6.54 Å². The zero-order chi connectivity index (χ0) is 13.7. The molecule has 2 nitrogen and oxygen atoms in total. The number of rotatable bonds is 4. The highest BCUT2D eigenvalue weighted by Crippen LogP contribution is 2.16. The predicted molar refractivity (Wildman–Crippen MR) is 80.8 cm³/mol. The molecule has 1 amide bonds. The van der Waals surface area contributed by atoms with Crippen molar-refractivity contribution in [1.82, 2.24) is 5.32 Å². The molecule has 19 heavy (non-hydrogen) atoms. The molecule has 0 aliphatic heterocycles. The van der Waals surface area contributed by atoms with Crippen molar-refractivity contribution in [2.45, 2.75) is 11.4 Å². The number of carbonyl (C=O) groups excluding carboxylic acids is 1. The molecular formula is C15H14ClNOS. The monoisotopic (exact) mass is 291 g/mol. The third-order valence-corrected chi connectivity index (χ3v) is 3.86. The van der Waals surface area contributed by atoms with Crippen molar-refractivity contribution in [2.24, 2.45) is 0 Å². The minimum absolute atomic E-state index is 0.0902. The molecule has 0 bridgehead atoms. The van der Waals surface area contributed by atoms with Gasteiger partial charge < -0.3 is 5.32 Å². The summed E-state index contributed by atoms with van der Waals surface area (Å²) in [6, 6.07) is 15.0. The standard InChI is InChI=1S/C15H14ClNOS/c1-19-13-8-6-11(7-9-13)15(18)17-10-12-4-2-3-5-14(12)16/h2-9H,10H2,1H3,(H,17,18). The molecule has 0 atom stereocenters. The van der Waals surface area contributed by atoms with Crippen LogP contribution in [0.1, 0.15) is 15.9 Å². The Balaban J connectivity index is 1.99. The van der Waals surface area contributed by atoms with Crippen LogP contribution in [0.3, 0.4) is 0 Å². The van der Waals surface area contributed by atoms with Gasteiger partial charge in [0.15, 0.2) is 0 Å². The summed E-state index contributed by atoms with van der Waals surface area (Å²) in [5.74, 6) is -0.0902. The van der Waals surface area contributed by atoms with Gasteiger partial charge in [0.05, 0.1) is 0 Å². The lowest BCUT2D eigenvalue weighted by molar-refractivity contribution is 0.0951. The molecule has 0 spiro atoms. The summed E-state index contributed by atoms with van der Waals surface area (Å²) in [6.45, 7) is 0.433. The molecule has 4 heteroatoms. The topological polar surface area (TPSA) is 29.1 Å². The van der Waals surface area contributed by atoms with Gasteiger partial charge in [0.25, 0.3) is 5.91 Å². The third kappa shape index (κ3) is 3.75. The maximum atomic E-state index is 12.0. The number of halogens is 1. The molecule has 0 heterocycles. The van der Waals surface area contributed by atoms with Crippen LogP contribution < -0.4 is 5.32 Å². The molecule has 0 unspecified atom stereocenters. The van der Waals surface area contributed by atoms with Crippen LogP contribution in [0.4, 0.5) is 0 Å². The van der Waals surface area contributed by atoms with Crippen LogP contribution in [0.25, 0.3) is 0 Å². The summed E-state index contributed by atoms with van der Waals surface area (Å²) in [5, 5.41) is 3.53. The lowest BCUT2D eigenvalue weighted by Crippen LogP contribution is -2.22. The highest BCUT2D eigenvalue weighted by atomic mass is 35.5. The molecule has 98 valence electrons. The van der Waals surface area contributed by atoms with Gasteiger partial charge in [-0.05, 0) is 42.2 Å². The fourth-order valence-electron chi connectivity index (χ4n) is 1.66. The smallest absolute Gasteiger partial charge is 0.251 e. The Morgan fingerprint density at radius 1 is 1.16 bits per heavy atom. The Labute approximate surface area is 122 Å². The summed E-state index contributed by atoms with van der Waals surface area (Å²) in [4.78, 5) is 13.1. The number of amides is 1. The third-order valence-electron chi connectivity index (χ3n) is 2.75. The van der Waals surface area contributed by atoms with E-state index in [0.29, 0.717) is 17.1 Å². The SMILES string of the molecule is CSc1ccc(C(=O)NCc2ccccc2Cl)cc1. The Kier molecular flexibility index (Phi) is 4.88. The maximum Gasteiger partial charge on any atom is 0.251 e. The zero-order valence-corrected chi connectivity index (χ0v) is 12.1. The lowest BCUT2D eigenvalue weighted by Gasteiger charge is -2.07. The highest BCUT2D eigenvalue weighted by Gasteiger charge is 2.06. The molecule has 0 saturated carbocycles. The van der Waals surface area contributed by atoms with Crippen molar-refractivity contribution in [2.75, 3.05) is 6.26 Å². The van der Waals surface area contributed by atoms with E-state index in [4.69, 9.17) is 11.6 Å². The van der Waals surface area contributed by atoms with Gasteiger partial charge in [0.2, 0.25) is 0 Å². The summed E-state index contributed by atoms with van der Waals surface area (Å²) in [6.07, 6.45) is 2.01. The molecule has 2 aromatic carbocycles. The molecule has 0 radical (unpaired) electrons. The lowest BCUT2D eigenvalue weighted by atomic mass is 10.2. The Morgan fingerprint density at radius 3 is 2.47 bits per heavy atom. The number of benzene rings is 2. The van der Waals surface area contributed by atoms with Crippen LogP contribution in [0.5, 0.6) is 0 Å². The molecule has 0 aliphatic rings. The number of carbonyl (C=O) groups is 1. The van der Waals surface area contributed by atoms with E-state index < -0.39 is 0 Å². The van der Waals surface area contributed by atoms with Gasteiger partial charge in [-0.3, -0.25) is 4.79 Å². The first-order valence-electron chi connectivity index (χ1n) is 5.86. The van der Waals surface area contributed by atoms with E-state index in [1.807, 2.05) is 54.8 Å². The van der Waals surface area contributed by atoms with E-state index in [0.717, 1.165) is 10.5 Å². The summed E-state index contributed by atoms with van der Waals surface area (Å²) in [7, 11) is 0. The minimum Gasteiger partial charge on any atom is -0.348 e. The van der Waals surface area contributed by atoms with E-state index in [1.165, 1.54) is 0 Å². The molecule has 0 aromatic heterocycles. The van der Waals surface area contributed by atoms with Crippen molar-refractivity contribution in [3.63, 3.8) is 0 Å². The van der Waals surface area contributed by atoms with Crippen molar-refractivity contribution in [3.05, 3.63) is 64.7 Å². The average molecular weight is 292 g/mol. The van der Waals surface area contributed by atoms with Crippen molar-refractivity contribution in [3.8, 4) is 0 Å². The zero-order valence-electron chi connectivity index (χ0n) is 10.5. The van der Waals surface area contributed by atoms with Gasteiger partial charge in [0.1, 0.15) is 0 Å². The van der Waals surface area contributed by atoms with E-state index in [9.17, 15) is 4.79 Å². The molecule has 0 fully saturated rings. The fourth-order valence-corrected chi connectivity index (χ4v) is 2.27. The first-order valence-corrected chi connectivity index (χ1v) is 7.46. The van der Waals surface area contributed by atoms with Gasteiger partial charge in [-0.1, -0.05) is 29.8 Å². The molecule has 1 N–H and O–H groups in total. The summed E-state index contributed by atoms with van der Waals surface area (Å²) >= 11 is 7.69. The fraction of sp³-hybridized carbons (Fsp3) is 0.133. The molecule has 0 aliphatic carbocycles. The molecule has 2 rings (SSSR count). The predicted octanol–water partition coefficient (Wildman–Crippen LogP) is 3.99. The Hall–Kier alpha value is -1.45. The van der Waals surface area contributed by atoms with Gasteiger partial charge in [-0.2, -0.15) is 0 Å².